The van der Waals surface area contributed by atoms with Gasteiger partial charge < -0.3 is 15.7 Å². The predicted molar refractivity (Wildman–Crippen MR) is 75.6 cm³/mol. The van der Waals surface area contributed by atoms with E-state index >= 15 is 0 Å². The number of rotatable bonds is 9. The van der Waals surface area contributed by atoms with Gasteiger partial charge in [0.25, 0.3) is 0 Å². The summed E-state index contributed by atoms with van der Waals surface area (Å²) in [6.45, 7) is 5.05. The van der Waals surface area contributed by atoms with Crippen LogP contribution in [0.15, 0.2) is 0 Å². The van der Waals surface area contributed by atoms with Crippen LogP contribution in [0.5, 0.6) is 0 Å². The van der Waals surface area contributed by atoms with E-state index in [0.29, 0.717) is 0 Å². The minimum atomic E-state index is -1.65. The second kappa shape index (κ2) is 9.46. The number of carbonyl (C=O) groups excluding carboxylic acids is 2. The second-order valence-corrected chi connectivity index (χ2v) is 5.92. The normalized spacial score (nSPS) is 13.6. The summed E-state index contributed by atoms with van der Waals surface area (Å²) in [4.78, 5) is 33.3. The highest BCUT2D eigenvalue weighted by molar-refractivity contribution is 7.85. The Labute approximate surface area is 121 Å². The Kier molecular flexibility index (Phi) is 8.78. The van der Waals surface area contributed by atoms with Crippen molar-refractivity contribution in [3.8, 4) is 0 Å². The summed E-state index contributed by atoms with van der Waals surface area (Å²) in [7, 11) is -1.65. The molecular formula is C12H22N2O5S. The Morgan fingerprint density at radius 1 is 1.15 bits per heavy atom. The molecule has 0 saturated carbocycles. The van der Waals surface area contributed by atoms with Gasteiger partial charge in [0.05, 0.1) is 5.75 Å². The lowest BCUT2D eigenvalue weighted by Gasteiger charge is -2.15. The van der Waals surface area contributed by atoms with Crippen molar-refractivity contribution in [3.05, 3.63) is 0 Å². The maximum Gasteiger partial charge on any atom is 0.327 e. The Bertz CT molecular complexity index is 382. The van der Waals surface area contributed by atoms with Crippen LogP contribution >= 0.6 is 0 Å². The number of carbonyl (C=O) groups is 3. The molecule has 0 aliphatic heterocycles. The number of amides is 2. The molecule has 0 aromatic rings. The molecule has 116 valence electrons. The summed E-state index contributed by atoms with van der Waals surface area (Å²) in [5, 5.41) is 13.8. The van der Waals surface area contributed by atoms with Gasteiger partial charge >= 0.3 is 5.97 Å². The fourth-order valence-electron chi connectivity index (χ4n) is 1.57. The molecule has 2 unspecified atom stereocenters. The fraction of sp³-hybridized carbons (Fsp3) is 0.750. The number of carboxylic acid groups (broad SMARTS) is 1. The Morgan fingerprint density at radius 2 is 1.70 bits per heavy atom. The Hall–Kier alpha value is -1.44. The van der Waals surface area contributed by atoms with Crippen molar-refractivity contribution in [1.82, 2.24) is 10.6 Å². The van der Waals surface area contributed by atoms with Crippen LogP contribution in [-0.4, -0.2) is 50.7 Å². The molecule has 0 aromatic carbocycles. The van der Waals surface area contributed by atoms with Gasteiger partial charge in [-0.1, -0.05) is 13.8 Å². The van der Waals surface area contributed by atoms with Gasteiger partial charge in [-0.05, 0) is 12.8 Å². The highest BCUT2D eigenvalue weighted by Crippen LogP contribution is 1.97. The van der Waals surface area contributed by atoms with Gasteiger partial charge in [-0.15, -0.1) is 0 Å². The van der Waals surface area contributed by atoms with E-state index in [1.165, 1.54) is 6.92 Å². The average molecular weight is 306 g/mol. The van der Waals surface area contributed by atoms with Gasteiger partial charge in [-0.2, -0.15) is 0 Å². The largest absolute Gasteiger partial charge is 0.480 e. The van der Waals surface area contributed by atoms with Crippen LogP contribution in [0.4, 0.5) is 0 Å². The molecule has 3 N–H and O–H groups in total. The summed E-state index contributed by atoms with van der Waals surface area (Å²) < 4.78 is 11.7. The van der Waals surface area contributed by atoms with Crippen molar-refractivity contribution < 1.29 is 23.7 Å². The molecule has 0 fully saturated rings. The van der Waals surface area contributed by atoms with Gasteiger partial charge in [0.1, 0.15) is 11.8 Å². The van der Waals surface area contributed by atoms with E-state index in [1.807, 2.05) is 13.8 Å². The van der Waals surface area contributed by atoms with Crippen molar-refractivity contribution in [1.29, 1.82) is 0 Å². The minimum absolute atomic E-state index is 0.0325. The van der Waals surface area contributed by atoms with Crippen LogP contribution in [0.2, 0.25) is 0 Å². The molecule has 2 atom stereocenters. The smallest absolute Gasteiger partial charge is 0.327 e. The standard InChI is InChI=1S/C12H22N2O5S/c1-4-9(5-2)14-11(16)7-20(19)6-10(12(17)18)13-8(3)15/h9-10H,4-7H2,1-3H3,(H,13,15)(H,14,16)(H,17,18). The molecule has 0 bridgehead atoms. The van der Waals surface area contributed by atoms with Crippen LogP contribution in [0.1, 0.15) is 33.6 Å². The van der Waals surface area contributed by atoms with Gasteiger partial charge in [-0.3, -0.25) is 13.8 Å². The monoisotopic (exact) mass is 306 g/mol. The van der Waals surface area contributed by atoms with Crippen molar-refractivity contribution in [2.24, 2.45) is 0 Å². The molecule has 0 aliphatic carbocycles. The molecule has 0 spiro atoms. The van der Waals surface area contributed by atoms with Gasteiger partial charge in [0, 0.05) is 23.8 Å². The summed E-state index contributed by atoms with van der Waals surface area (Å²) in [5.74, 6) is -2.71. The quantitative estimate of drug-likeness (QED) is 0.538. The zero-order chi connectivity index (χ0) is 15.7. The Morgan fingerprint density at radius 3 is 2.10 bits per heavy atom. The Balaban J connectivity index is 4.35. The number of hydrogen-bond acceptors (Lipinski definition) is 4. The predicted octanol–water partition coefficient (Wildman–Crippen LogP) is -0.371. The van der Waals surface area contributed by atoms with E-state index in [1.54, 1.807) is 0 Å². The van der Waals surface area contributed by atoms with E-state index in [9.17, 15) is 18.6 Å². The molecule has 8 heteroatoms. The summed E-state index contributed by atoms with van der Waals surface area (Å²) in [5.41, 5.74) is 0. The zero-order valence-electron chi connectivity index (χ0n) is 12.0. The lowest BCUT2D eigenvalue weighted by atomic mass is 10.2. The molecule has 7 nitrogen and oxygen atoms in total. The maximum absolute atomic E-state index is 11.7. The second-order valence-electron chi connectivity index (χ2n) is 4.42. The molecular weight excluding hydrogens is 284 g/mol. The van der Waals surface area contributed by atoms with E-state index in [0.717, 1.165) is 12.8 Å². The number of carboxylic acids is 1. The van der Waals surface area contributed by atoms with Crippen molar-refractivity contribution >= 4 is 28.6 Å². The van der Waals surface area contributed by atoms with Crippen molar-refractivity contribution in [3.63, 3.8) is 0 Å². The van der Waals surface area contributed by atoms with Gasteiger partial charge in [0.2, 0.25) is 11.8 Å². The lowest BCUT2D eigenvalue weighted by molar-refractivity contribution is -0.140. The summed E-state index contributed by atoms with van der Waals surface area (Å²) in [6, 6.07) is -1.21. The first-order valence-corrected chi connectivity index (χ1v) is 7.93. The third kappa shape index (κ3) is 7.88. The van der Waals surface area contributed by atoms with E-state index in [-0.39, 0.29) is 23.5 Å². The van der Waals surface area contributed by atoms with Crippen molar-refractivity contribution in [2.75, 3.05) is 11.5 Å². The highest BCUT2D eigenvalue weighted by Gasteiger charge is 2.22. The van der Waals surface area contributed by atoms with E-state index < -0.39 is 28.7 Å². The molecule has 20 heavy (non-hydrogen) atoms. The van der Waals surface area contributed by atoms with Crippen LogP contribution < -0.4 is 10.6 Å². The summed E-state index contributed by atoms with van der Waals surface area (Å²) >= 11 is 0. The SMILES string of the molecule is CCC(CC)NC(=O)CS(=O)CC(NC(C)=O)C(=O)O. The number of aliphatic carboxylic acids is 1. The molecule has 0 aliphatic rings. The highest BCUT2D eigenvalue weighted by atomic mass is 32.2. The van der Waals surface area contributed by atoms with Crippen LogP contribution in [0, 0.1) is 0 Å². The molecule has 0 radical (unpaired) electrons. The van der Waals surface area contributed by atoms with E-state index in [4.69, 9.17) is 5.11 Å². The fourth-order valence-corrected chi connectivity index (χ4v) is 2.66. The molecule has 0 rings (SSSR count). The van der Waals surface area contributed by atoms with Gasteiger partial charge in [-0.25, -0.2) is 4.79 Å². The average Bonchev–Trinajstić information content (AvgIpc) is 2.34. The number of nitrogens with one attached hydrogen (secondary N) is 2. The van der Waals surface area contributed by atoms with Crippen LogP contribution in [-0.2, 0) is 25.2 Å². The van der Waals surface area contributed by atoms with Crippen molar-refractivity contribution in [2.45, 2.75) is 45.7 Å². The molecule has 0 aromatic heterocycles. The summed E-state index contributed by atoms with van der Waals surface area (Å²) in [6.07, 6.45) is 1.55. The number of hydrogen-bond donors (Lipinski definition) is 3. The topological polar surface area (TPSA) is 113 Å². The zero-order valence-corrected chi connectivity index (χ0v) is 12.8. The lowest BCUT2D eigenvalue weighted by Crippen LogP contribution is -2.45. The first-order valence-electron chi connectivity index (χ1n) is 6.44. The maximum atomic E-state index is 11.7. The van der Waals surface area contributed by atoms with Crippen LogP contribution in [0.3, 0.4) is 0 Å². The third-order valence-electron chi connectivity index (χ3n) is 2.67. The first-order chi connectivity index (χ1) is 9.29. The molecule has 2 amide bonds. The van der Waals surface area contributed by atoms with Gasteiger partial charge in [0.15, 0.2) is 0 Å². The molecule has 0 heterocycles. The van der Waals surface area contributed by atoms with Crippen LogP contribution in [0.25, 0.3) is 0 Å². The minimum Gasteiger partial charge on any atom is -0.480 e. The third-order valence-corrected chi connectivity index (χ3v) is 3.96. The van der Waals surface area contributed by atoms with E-state index in [2.05, 4.69) is 10.6 Å². The molecule has 0 saturated heterocycles. The first kappa shape index (κ1) is 18.6.